The van der Waals surface area contributed by atoms with Gasteiger partial charge < -0.3 is 0 Å². The van der Waals surface area contributed by atoms with Crippen molar-refractivity contribution >= 4 is 29.1 Å². The van der Waals surface area contributed by atoms with Gasteiger partial charge in [0, 0.05) is 24.8 Å². The molecule has 0 bridgehead atoms. The molecule has 2 aliphatic heterocycles. The number of likely N-dealkylation sites (N-methyl/N-ethyl adjacent to an activating group) is 1. The Morgan fingerprint density at radius 1 is 1.35 bits per heavy atom. The third-order valence-corrected chi connectivity index (χ3v) is 4.63. The van der Waals surface area contributed by atoms with Crippen molar-refractivity contribution in [2.75, 3.05) is 6.54 Å². The molecule has 106 valence electrons. The Morgan fingerprint density at radius 2 is 2.10 bits per heavy atom. The maximum atomic E-state index is 15.1. The first-order chi connectivity index (χ1) is 9.49. The highest BCUT2D eigenvalue weighted by atomic mass is 32.1. The Kier molecular flexibility index (Phi) is 2.89. The molecule has 5 nitrogen and oxygen atoms in total. The van der Waals surface area contributed by atoms with Crippen molar-refractivity contribution in [3.63, 3.8) is 0 Å². The van der Waals surface area contributed by atoms with Gasteiger partial charge in [-0.15, -0.1) is 0 Å². The van der Waals surface area contributed by atoms with E-state index in [1.807, 2.05) is 0 Å². The van der Waals surface area contributed by atoms with Crippen LogP contribution in [0.15, 0.2) is 10.8 Å². The highest BCUT2D eigenvalue weighted by Gasteiger charge is 2.55. The van der Waals surface area contributed by atoms with Gasteiger partial charge in [-0.3, -0.25) is 24.2 Å². The number of halogens is 1. The minimum atomic E-state index is -2.41. The Labute approximate surface area is 119 Å². The van der Waals surface area contributed by atoms with Crippen LogP contribution < -0.4 is 0 Å². The molecule has 0 spiro atoms. The lowest BCUT2D eigenvalue weighted by molar-refractivity contribution is -0.169. The molecule has 0 aromatic carbocycles. The molecule has 1 unspecified atom stereocenters. The first-order valence-corrected chi connectivity index (χ1v) is 7.34. The van der Waals surface area contributed by atoms with Crippen molar-refractivity contribution in [2.24, 2.45) is 0 Å². The van der Waals surface area contributed by atoms with Crippen molar-refractivity contribution in [1.82, 2.24) is 9.80 Å². The molecule has 1 fully saturated rings. The van der Waals surface area contributed by atoms with Gasteiger partial charge in [-0.1, -0.05) is 0 Å². The quantitative estimate of drug-likeness (QED) is 0.614. The van der Waals surface area contributed by atoms with Crippen LogP contribution in [-0.2, 0) is 16.1 Å². The van der Waals surface area contributed by atoms with Gasteiger partial charge in [0.1, 0.15) is 0 Å². The van der Waals surface area contributed by atoms with E-state index in [9.17, 15) is 14.4 Å². The first kappa shape index (κ1) is 13.2. The predicted molar refractivity (Wildman–Crippen MR) is 69.7 cm³/mol. The summed E-state index contributed by atoms with van der Waals surface area (Å²) in [6, 6.07) is 0. The summed E-state index contributed by atoms with van der Waals surface area (Å²) in [5, 5.41) is 3.45. The topological polar surface area (TPSA) is 57.7 Å². The van der Waals surface area contributed by atoms with Crippen molar-refractivity contribution < 1.29 is 18.8 Å². The van der Waals surface area contributed by atoms with Gasteiger partial charge in [0.15, 0.2) is 0 Å². The largest absolute Gasteiger partial charge is 0.294 e. The van der Waals surface area contributed by atoms with Crippen molar-refractivity contribution in [3.8, 4) is 0 Å². The zero-order valence-electron chi connectivity index (χ0n) is 10.9. The van der Waals surface area contributed by atoms with Crippen LogP contribution in [0.2, 0.25) is 0 Å². The Morgan fingerprint density at radius 3 is 2.75 bits per heavy atom. The number of hydrogen-bond donors (Lipinski definition) is 0. The molecule has 3 rings (SSSR count). The van der Waals surface area contributed by atoms with E-state index in [0.29, 0.717) is 5.56 Å². The lowest BCUT2D eigenvalue weighted by Crippen LogP contribution is -2.61. The fourth-order valence-electron chi connectivity index (χ4n) is 2.71. The number of thiophene rings is 1. The number of carbonyl (C=O) groups excluding carboxylic acids is 3. The van der Waals surface area contributed by atoms with Crippen LogP contribution in [0.4, 0.5) is 4.39 Å². The Bertz CT molecular complexity index is 615. The number of likely N-dealkylation sites (tertiary alicyclic amines) is 1. The molecule has 0 radical (unpaired) electrons. The Balaban J connectivity index is 1.94. The standard InChI is InChI=1S/C13H13FN2O3S/c1-2-15-10(17)3-4-13(14,12(15)19)16-5-8-6-20-7-9(8)11(16)18/h6-7H,2-5H2,1H3. The van der Waals surface area contributed by atoms with Crippen LogP contribution in [0.25, 0.3) is 0 Å². The zero-order valence-corrected chi connectivity index (χ0v) is 11.7. The second-order valence-electron chi connectivity index (χ2n) is 4.90. The SMILES string of the molecule is CCN1C(=O)CCC(F)(N2Cc3cscc3C2=O)C1=O. The van der Waals surface area contributed by atoms with E-state index in [0.717, 1.165) is 15.4 Å². The molecule has 0 N–H and O–H groups in total. The van der Waals surface area contributed by atoms with Gasteiger partial charge in [0.25, 0.3) is 17.6 Å². The molecule has 7 heteroatoms. The Hall–Kier alpha value is -1.76. The molecule has 0 aliphatic carbocycles. The van der Waals surface area contributed by atoms with E-state index in [1.165, 1.54) is 11.3 Å². The zero-order chi connectivity index (χ0) is 14.5. The van der Waals surface area contributed by atoms with Gasteiger partial charge >= 0.3 is 0 Å². The lowest BCUT2D eigenvalue weighted by atomic mass is 9.99. The highest BCUT2D eigenvalue weighted by molar-refractivity contribution is 7.08. The maximum Gasteiger partial charge on any atom is 0.288 e. The monoisotopic (exact) mass is 296 g/mol. The van der Waals surface area contributed by atoms with E-state index in [4.69, 9.17) is 0 Å². The first-order valence-electron chi connectivity index (χ1n) is 6.39. The van der Waals surface area contributed by atoms with Gasteiger partial charge in [0.2, 0.25) is 5.91 Å². The molecule has 1 atom stereocenters. The van der Waals surface area contributed by atoms with Crippen LogP contribution >= 0.6 is 11.3 Å². The molecule has 0 saturated carbocycles. The fraction of sp³-hybridized carbons (Fsp3) is 0.462. The summed E-state index contributed by atoms with van der Waals surface area (Å²) >= 11 is 1.38. The fourth-order valence-corrected chi connectivity index (χ4v) is 3.53. The van der Waals surface area contributed by atoms with E-state index < -0.39 is 17.6 Å². The number of rotatable bonds is 2. The van der Waals surface area contributed by atoms with Gasteiger partial charge in [0.05, 0.1) is 12.1 Å². The van der Waals surface area contributed by atoms with Crippen LogP contribution in [0, 0.1) is 0 Å². The van der Waals surface area contributed by atoms with Crippen LogP contribution in [0.5, 0.6) is 0 Å². The van der Waals surface area contributed by atoms with E-state index in [1.54, 1.807) is 17.7 Å². The van der Waals surface area contributed by atoms with Gasteiger partial charge in [-0.2, -0.15) is 11.3 Å². The summed E-state index contributed by atoms with van der Waals surface area (Å²) in [6.45, 7) is 1.82. The number of amides is 3. The minimum absolute atomic E-state index is 0.0628. The van der Waals surface area contributed by atoms with Crippen molar-refractivity contribution in [2.45, 2.75) is 32.1 Å². The van der Waals surface area contributed by atoms with E-state index in [-0.39, 0.29) is 31.8 Å². The highest BCUT2D eigenvalue weighted by Crippen LogP contribution is 2.38. The second kappa shape index (κ2) is 4.37. The molecule has 2 aliphatic rings. The predicted octanol–water partition coefficient (Wildman–Crippen LogP) is 1.54. The second-order valence-corrected chi connectivity index (χ2v) is 5.65. The van der Waals surface area contributed by atoms with Crippen molar-refractivity contribution in [1.29, 1.82) is 0 Å². The normalized spacial score (nSPS) is 26.4. The number of alkyl halides is 1. The average molecular weight is 296 g/mol. The number of carbonyl (C=O) groups is 3. The minimum Gasteiger partial charge on any atom is -0.294 e. The number of fused-ring (bicyclic) bond motifs is 1. The van der Waals surface area contributed by atoms with E-state index >= 15 is 4.39 Å². The molecule has 1 aromatic rings. The average Bonchev–Trinajstić information content (AvgIpc) is 2.99. The summed E-state index contributed by atoms with van der Waals surface area (Å²) in [6.07, 6.45) is -0.326. The number of hydrogen-bond acceptors (Lipinski definition) is 4. The van der Waals surface area contributed by atoms with Crippen LogP contribution in [-0.4, -0.2) is 39.9 Å². The maximum absolute atomic E-state index is 15.1. The molecule has 20 heavy (non-hydrogen) atoms. The molecule has 3 heterocycles. The van der Waals surface area contributed by atoms with E-state index in [2.05, 4.69) is 0 Å². The molecular weight excluding hydrogens is 283 g/mol. The lowest BCUT2D eigenvalue weighted by Gasteiger charge is -2.39. The molecular formula is C13H13FN2O3S. The summed E-state index contributed by atoms with van der Waals surface area (Å²) in [5.41, 5.74) is 1.20. The van der Waals surface area contributed by atoms with Crippen LogP contribution in [0.1, 0.15) is 35.7 Å². The molecule has 1 saturated heterocycles. The summed E-state index contributed by atoms with van der Waals surface area (Å²) in [7, 11) is 0. The smallest absolute Gasteiger partial charge is 0.288 e. The third kappa shape index (κ3) is 1.62. The van der Waals surface area contributed by atoms with Gasteiger partial charge in [-0.25, -0.2) is 4.39 Å². The number of nitrogens with zero attached hydrogens (tertiary/aromatic N) is 2. The van der Waals surface area contributed by atoms with Crippen LogP contribution in [0.3, 0.4) is 0 Å². The summed E-state index contributed by atoms with van der Waals surface area (Å²) < 4.78 is 15.1. The summed E-state index contributed by atoms with van der Waals surface area (Å²) in [4.78, 5) is 37.9. The van der Waals surface area contributed by atoms with Crippen molar-refractivity contribution in [3.05, 3.63) is 21.9 Å². The third-order valence-electron chi connectivity index (χ3n) is 3.83. The number of piperidine rings is 1. The number of imide groups is 1. The summed E-state index contributed by atoms with van der Waals surface area (Å²) in [5.74, 6) is -4.18. The molecule has 3 amide bonds. The molecule has 1 aromatic heterocycles. The van der Waals surface area contributed by atoms with Gasteiger partial charge in [-0.05, 0) is 17.9 Å².